The maximum absolute atomic E-state index is 12.6. The molecule has 0 fully saturated rings. The van der Waals surface area contributed by atoms with E-state index in [-0.39, 0.29) is 12.5 Å². The van der Waals surface area contributed by atoms with E-state index in [2.05, 4.69) is 5.32 Å². The highest BCUT2D eigenvalue weighted by atomic mass is 35.5. The normalized spacial score (nSPS) is 11.1. The van der Waals surface area contributed by atoms with E-state index in [4.69, 9.17) is 27.9 Å². The molecule has 3 aromatic carbocycles. The topological polar surface area (TPSA) is 75.7 Å². The lowest BCUT2D eigenvalue weighted by Crippen LogP contribution is -2.29. The number of benzene rings is 3. The van der Waals surface area contributed by atoms with E-state index in [0.717, 1.165) is 6.26 Å². The summed E-state index contributed by atoms with van der Waals surface area (Å²) in [5, 5.41) is 3.52. The Morgan fingerprint density at radius 2 is 1.61 bits per heavy atom. The summed E-state index contributed by atoms with van der Waals surface area (Å²) in [6.45, 7) is -0.0350. The molecule has 0 heterocycles. The van der Waals surface area contributed by atoms with Gasteiger partial charge in [0.1, 0.15) is 5.75 Å². The second kappa shape index (κ2) is 9.60. The van der Waals surface area contributed by atoms with E-state index >= 15 is 0 Å². The Hall–Kier alpha value is -2.74. The average molecular weight is 479 g/mol. The SMILES string of the molecule is COc1cccc(NC(=O)c2ccc(N(Cc3c(Cl)cccc3Cl)S(C)(=O)=O)cc2)c1. The number of halogens is 2. The molecule has 0 saturated carbocycles. The van der Waals surface area contributed by atoms with Crippen LogP contribution in [-0.2, 0) is 16.6 Å². The van der Waals surface area contributed by atoms with Crippen LogP contribution in [0, 0.1) is 0 Å². The summed E-state index contributed by atoms with van der Waals surface area (Å²) in [7, 11) is -2.09. The molecule has 9 heteroatoms. The molecule has 0 aliphatic rings. The highest BCUT2D eigenvalue weighted by Crippen LogP contribution is 2.29. The number of methoxy groups -OCH3 is 1. The van der Waals surface area contributed by atoms with Crippen molar-refractivity contribution in [2.45, 2.75) is 6.54 Å². The second-order valence-electron chi connectivity index (χ2n) is 6.70. The summed E-state index contributed by atoms with van der Waals surface area (Å²) in [6.07, 6.45) is 1.10. The maximum Gasteiger partial charge on any atom is 0.255 e. The first kappa shape index (κ1) is 22.9. The lowest BCUT2D eigenvalue weighted by atomic mass is 10.1. The number of carbonyl (C=O) groups is 1. The van der Waals surface area contributed by atoms with Crippen molar-refractivity contribution in [3.8, 4) is 5.75 Å². The second-order valence-corrected chi connectivity index (χ2v) is 9.42. The number of hydrogen-bond acceptors (Lipinski definition) is 4. The first-order valence-electron chi connectivity index (χ1n) is 9.15. The van der Waals surface area contributed by atoms with Gasteiger partial charge < -0.3 is 10.1 Å². The van der Waals surface area contributed by atoms with Crippen LogP contribution in [-0.4, -0.2) is 27.7 Å². The fourth-order valence-corrected chi connectivity index (χ4v) is 4.30. The minimum absolute atomic E-state index is 0.0350. The zero-order chi connectivity index (χ0) is 22.6. The van der Waals surface area contributed by atoms with Gasteiger partial charge in [0.15, 0.2) is 0 Å². The minimum Gasteiger partial charge on any atom is -0.497 e. The number of hydrogen-bond donors (Lipinski definition) is 1. The molecule has 0 radical (unpaired) electrons. The first-order valence-corrected chi connectivity index (χ1v) is 11.8. The third kappa shape index (κ3) is 5.70. The van der Waals surface area contributed by atoms with Crippen LogP contribution in [0.25, 0.3) is 0 Å². The molecule has 3 rings (SSSR count). The fraction of sp³-hybridized carbons (Fsp3) is 0.136. The molecular weight excluding hydrogens is 459 g/mol. The third-order valence-electron chi connectivity index (χ3n) is 4.51. The zero-order valence-corrected chi connectivity index (χ0v) is 19.1. The number of carbonyl (C=O) groups excluding carboxylic acids is 1. The van der Waals surface area contributed by atoms with Crippen molar-refractivity contribution in [3.63, 3.8) is 0 Å². The predicted octanol–water partition coefficient (Wildman–Crippen LogP) is 5.22. The molecule has 162 valence electrons. The predicted molar refractivity (Wildman–Crippen MR) is 125 cm³/mol. The van der Waals surface area contributed by atoms with Crippen molar-refractivity contribution in [3.05, 3.63) is 87.9 Å². The molecule has 0 bridgehead atoms. The summed E-state index contributed by atoms with van der Waals surface area (Å²) in [5.41, 5.74) is 1.84. The van der Waals surface area contributed by atoms with Gasteiger partial charge in [-0.3, -0.25) is 9.10 Å². The van der Waals surface area contributed by atoms with Crippen LogP contribution in [0.4, 0.5) is 11.4 Å². The Kier molecular flexibility index (Phi) is 7.10. The number of anilines is 2. The maximum atomic E-state index is 12.6. The van der Waals surface area contributed by atoms with Gasteiger partial charge >= 0.3 is 0 Å². The molecule has 0 atom stereocenters. The number of ether oxygens (including phenoxy) is 1. The highest BCUT2D eigenvalue weighted by molar-refractivity contribution is 7.92. The van der Waals surface area contributed by atoms with E-state index in [1.165, 1.54) is 4.31 Å². The van der Waals surface area contributed by atoms with Crippen molar-refractivity contribution in [2.75, 3.05) is 23.0 Å². The van der Waals surface area contributed by atoms with Crippen molar-refractivity contribution in [1.29, 1.82) is 0 Å². The monoisotopic (exact) mass is 478 g/mol. The van der Waals surface area contributed by atoms with E-state index in [9.17, 15) is 13.2 Å². The molecule has 0 aliphatic carbocycles. The fourth-order valence-electron chi connectivity index (χ4n) is 2.91. The van der Waals surface area contributed by atoms with Crippen molar-refractivity contribution in [2.24, 2.45) is 0 Å². The summed E-state index contributed by atoms with van der Waals surface area (Å²) in [6, 6.07) is 18.2. The van der Waals surface area contributed by atoms with Crippen LogP contribution in [0.15, 0.2) is 66.7 Å². The van der Waals surface area contributed by atoms with Gasteiger partial charge in [0.25, 0.3) is 5.91 Å². The Bertz CT molecular complexity index is 1180. The van der Waals surface area contributed by atoms with Gasteiger partial charge in [0.2, 0.25) is 10.0 Å². The summed E-state index contributed by atoms with van der Waals surface area (Å²) < 4.78 is 31.2. The van der Waals surface area contributed by atoms with Gasteiger partial charge in [-0.25, -0.2) is 8.42 Å². The van der Waals surface area contributed by atoms with Gasteiger partial charge in [-0.1, -0.05) is 35.3 Å². The van der Waals surface area contributed by atoms with E-state index in [1.54, 1.807) is 73.8 Å². The average Bonchev–Trinajstić information content (AvgIpc) is 2.73. The van der Waals surface area contributed by atoms with Crippen molar-refractivity contribution < 1.29 is 17.9 Å². The van der Waals surface area contributed by atoms with Gasteiger partial charge in [-0.2, -0.15) is 0 Å². The molecular formula is C22H20Cl2N2O4S. The zero-order valence-electron chi connectivity index (χ0n) is 16.8. The van der Waals surface area contributed by atoms with Gasteiger partial charge in [0.05, 0.1) is 25.6 Å². The molecule has 0 aromatic heterocycles. The van der Waals surface area contributed by atoms with Crippen LogP contribution in [0.5, 0.6) is 5.75 Å². The summed E-state index contributed by atoms with van der Waals surface area (Å²) in [5.74, 6) is 0.287. The number of sulfonamides is 1. The molecule has 1 amide bonds. The van der Waals surface area contributed by atoms with Crippen molar-refractivity contribution in [1.82, 2.24) is 0 Å². The third-order valence-corrected chi connectivity index (χ3v) is 6.36. The van der Waals surface area contributed by atoms with E-state index in [1.807, 2.05) is 0 Å². The Labute approximate surface area is 191 Å². The minimum atomic E-state index is -3.64. The Morgan fingerprint density at radius 3 is 2.19 bits per heavy atom. The van der Waals surface area contributed by atoms with Gasteiger partial charge in [-0.15, -0.1) is 0 Å². The summed E-state index contributed by atoms with van der Waals surface area (Å²) >= 11 is 12.4. The Balaban J connectivity index is 1.83. The van der Waals surface area contributed by atoms with Crippen LogP contribution < -0.4 is 14.4 Å². The molecule has 1 N–H and O–H groups in total. The first-order chi connectivity index (χ1) is 14.7. The molecule has 0 unspecified atom stereocenters. The largest absolute Gasteiger partial charge is 0.497 e. The van der Waals surface area contributed by atoms with E-state index in [0.29, 0.717) is 38.3 Å². The quantitative estimate of drug-likeness (QED) is 0.504. The van der Waals surface area contributed by atoms with Crippen LogP contribution >= 0.6 is 23.2 Å². The molecule has 6 nitrogen and oxygen atoms in total. The lowest BCUT2D eigenvalue weighted by Gasteiger charge is -2.23. The van der Waals surface area contributed by atoms with Crippen molar-refractivity contribution >= 4 is 50.5 Å². The standard InChI is InChI=1S/C22H20Cl2N2O4S/c1-30-18-6-3-5-16(13-18)25-22(27)15-9-11-17(12-10-15)26(31(2,28)29)14-19-20(23)7-4-8-21(19)24/h3-13H,14H2,1-2H3,(H,25,27). The number of nitrogens with one attached hydrogen (secondary N) is 1. The highest BCUT2D eigenvalue weighted by Gasteiger charge is 2.21. The smallest absolute Gasteiger partial charge is 0.255 e. The van der Waals surface area contributed by atoms with Crippen LogP contribution in [0.1, 0.15) is 15.9 Å². The molecule has 0 spiro atoms. The Morgan fingerprint density at radius 1 is 1.00 bits per heavy atom. The molecule has 3 aromatic rings. The number of rotatable bonds is 7. The lowest BCUT2D eigenvalue weighted by molar-refractivity contribution is 0.102. The van der Waals surface area contributed by atoms with Gasteiger partial charge in [-0.05, 0) is 48.5 Å². The number of amides is 1. The number of nitrogens with zero attached hydrogens (tertiary/aromatic N) is 1. The van der Waals surface area contributed by atoms with Gasteiger partial charge in [0, 0.05) is 32.9 Å². The molecule has 31 heavy (non-hydrogen) atoms. The van der Waals surface area contributed by atoms with Crippen LogP contribution in [0.2, 0.25) is 10.0 Å². The molecule has 0 aliphatic heterocycles. The van der Waals surface area contributed by atoms with E-state index < -0.39 is 10.0 Å². The summed E-state index contributed by atoms with van der Waals surface area (Å²) in [4.78, 5) is 12.6. The molecule has 0 saturated heterocycles. The van der Waals surface area contributed by atoms with Crippen LogP contribution in [0.3, 0.4) is 0 Å².